The van der Waals surface area contributed by atoms with Crippen LogP contribution in [-0.4, -0.2) is 94.3 Å². The maximum Gasteiger partial charge on any atom is 0.262 e. The molecule has 3 fully saturated rings. The van der Waals surface area contributed by atoms with Gasteiger partial charge in [0.15, 0.2) is 0 Å². The summed E-state index contributed by atoms with van der Waals surface area (Å²) in [4.78, 5) is 56.6. The second kappa shape index (κ2) is 17.1. The Hall–Kier alpha value is -5.65. The van der Waals surface area contributed by atoms with Crippen molar-refractivity contribution in [1.29, 1.82) is 0 Å². The third-order valence-corrected chi connectivity index (χ3v) is 12.2. The molecule has 4 aromatic carbocycles. The smallest absolute Gasteiger partial charge is 0.262 e. The number of aromatic hydroxyl groups is 2. The normalized spacial score (nSPS) is 20.8. The van der Waals surface area contributed by atoms with E-state index in [0.717, 1.165) is 96.8 Å². The maximum atomic E-state index is 13.4. The number of halogens is 1. The van der Waals surface area contributed by atoms with E-state index in [1.807, 2.05) is 30.3 Å². The first-order valence-electron chi connectivity index (χ1n) is 20.2. The Bertz CT molecular complexity index is 2220. The van der Waals surface area contributed by atoms with Gasteiger partial charge >= 0.3 is 0 Å². The van der Waals surface area contributed by atoms with Crippen LogP contribution in [0.2, 0.25) is 0 Å². The van der Waals surface area contributed by atoms with E-state index in [2.05, 4.69) is 44.7 Å². The van der Waals surface area contributed by atoms with Crippen molar-refractivity contribution in [3.8, 4) is 11.5 Å². The number of anilines is 2. The van der Waals surface area contributed by atoms with Crippen molar-refractivity contribution >= 4 is 57.8 Å². The Balaban J connectivity index is 0.880. The van der Waals surface area contributed by atoms with Crippen molar-refractivity contribution in [3.63, 3.8) is 0 Å². The first-order valence-corrected chi connectivity index (χ1v) is 20.8. The third kappa shape index (κ3) is 8.33. The van der Waals surface area contributed by atoms with Crippen LogP contribution in [0.1, 0.15) is 82.4 Å². The lowest BCUT2D eigenvalue weighted by atomic mass is 9.88. The first kappa shape index (κ1) is 39.2. The quantitative estimate of drug-likeness (QED) is 0.0726. The number of phenols is 2. The molecule has 3 saturated heterocycles. The highest BCUT2D eigenvalue weighted by atomic mass is 35.5. The van der Waals surface area contributed by atoms with Crippen LogP contribution in [0.3, 0.4) is 0 Å². The zero-order valence-electron chi connectivity index (χ0n) is 32.3. The topological polar surface area (TPSA) is 143 Å². The molecule has 4 amide bonds. The fourth-order valence-electron chi connectivity index (χ4n) is 9.03. The van der Waals surface area contributed by atoms with Crippen molar-refractivity contribution in [2.75, 3.05) is 48.8 Å². The molecule has 4 heterocycles. The number of nitrogens with one attached hydrogen (secondary N) is 2. The van der Waals surface area contributed by atoms with Gasteiger partial charge in [0.1, 0.15) is 17.5 Å². The minimum atomic E-state index is -0.980. The molecule has 2 atom stereocenters. The van der Waals surface area contributed by atoms with Gasteiger partial charge in [-0.1, -0.05) is 36.4 Å². The lowest BCUT2D eigenvalue weighted by Gasteiger charge is -2.39. The van der Waals surface area contributed by atoms with E-state index in [9.17, 15) is 29.4 Å². The summed E-state index contributed by atoms with van der Waals surface area (Å²) in [5, 5.41) is 25.9. The SMILES string of the molecule is O=C1CCC(N2C(=O)c3ccc(N[C@H]4CCCN(CC5CCN(c6ccc(C(=C(CCCl)c7ccc(O)cc7)c7ccc(O)cc7)cc6)CC5)C4)cc3C2=O)C(=O)N1. The van der Waals surface area contributed by atoms with Gasteiger partial charge < -0.3 is 25.3 Å². The van der Waals surface area contributed by atoms with Gasteiger partial charge in [0.2, 0.25) is 11.8 Å². The van der Waals surface area contributed by atoms with Gasteiger partial charge in [0.25, 0.3) is 11.8 Å². The van der Waals surface area contributed by atoms with Crippen LogP contribution in [0.5, 0.6) is 11.5 Å². The summed E-state index contributed by atoms with van der Waals surface area (Å²) in [5.41, 5.74) is 7.67. The maximum absolute atomic E-state index is 13.4. The van der Waals surface area contributed by atoms with Gasteiger partial charge in [-0.2, -0.15) is 0 Å². The van der Waals surface area contributed by atoms with E-state index in [-0.39, 0.29) is 41.5 Å². The second-order valence-electron chi connectivity index (χ2n) is 15.8. The van der Waals surface area contributed by atoms with E-state index < -0.39 is 29.7 Å². The average Bonchev–Trinajstić information content (AvgIpc) is 3.47. The number of allylic oxidation sites excluding steroid dienone is 1. The number of fused-ring (bicyclic) bond motifs is 1. The van der Waals surface area contributed by atoms with Gasteiger partial charge in [0, 0.05) is 55.9 Å². The molecule has 300 valence electrons. The summed E-state index contributed by atoms with van der Waals surface area (Å²) in [5.74, 6) is -0.556. The fraction of sp³-hybridized carbons (Fsp3) is 0.348. The number of carbonyl (C=O) groups is 4. The molecule has 0 aromatic heterocycles. The van der Waals surface area contributed by atoms with Crippen LogP contribution in [0, 0.1) is 5.92 Å². The van der Waals surface area contributed by atoms with Gasteiger partial charge in [0.05, 0.1) is 11.1 Å². The van der Waals surface area contributed by atoms with Crippen LogP contribution in [0.25, 0.3) is 11.1 Å². The molecule has 8 rings (SSSR count). The van der Waals surface area contributed by atoms with Crippen LogP contribution < -0.4 is 15.5 Å². The number of piperidine rings is 3. The average molecular weight is 802 g/mol. The Morgan fingerprint density at radius 1 is 0.741 bits per heavy atom. The van der Waals surface area contributed by atoms with Crippen molar-refractivity contribution in [2.45, 2.75) is 57.0 Å². The Labute approximate surface area is 343 Å². The summed E-state index contributed by atoms with van der Waals surface area (Å²) < 4.78 is 0. The molecule has 58 heavy (non-hydrogen) atoms. The number of likely N-dealkylation sites (tertiary alicyclic amines) is 1. The molecule has 12 heteroatoms. The number of imide groups is 2. The molecule has 0 saturated carbocycles. The van der Waals surface area contributed by atoms with Crippen molar-refractivity contribution in [2.24, 2.45) is 5.92 Å². The van der Waals surface area contributed by atoms with Gasteiger partial charge in [-0.15, -0.1) is 11.6 Å². The standard InChI is InChI=1S/C46H48ClN5O6/c47-22-19-38(30-5-12-36(53)13-6-30)43(32-7-14-37(54)15-8-32)31-3-10-35(11-4-31)51-24-20-29(21-25-51)27-50-23-1-2-34(28-50)48-33-9-16-39-40(26-33)46(58)52(45(39)57)41-17-18-42(55)49-44(41)56/h3-16,26,29,34,41,48,53-54H,1-2,17-25,27-28H2,(H,49,55,56)/t34-,41?/m0/s1. The second-order valence-corrected chi connectivity index (χ2v) is 16.2. The Morgan fingerprint density at radius 3 is 2.03 bits per heavy atom. The third-order valence-electron chi connectivity index (χ3n) is 12.0. The van der Waals surface area contributed by atoms with Crippen LogP contribution >= 0.6 is 11.6 Å². The van der Waals surface area contributed by atoms with E-state index in [4.69, 9.17) is 11.6 Å². The summed E-state index contributed by atoms with van der Waals surface area (Å²) >= 11 is 6.34. The first-order chi connectivity index (χ1) is 28.1. The van der Waals surface area contributed by atoms with E-state index >= 15 is 0 Å². The molecule has 0 aliphatic carbocycles. The van der Waals surface area contributed by atoms with Crippen LogP contribution in [-0.2, 0) is 9.59 Å². The largest absolute Gasteiger partial charge is 0.508 e. The van der Waals surface area contributed by atoms with Gasteiger partial charge in [-0.05, 0) is 133 Å². The zero-order chi connectivity index (χ0) is 40.3. The number of rotatable bonds is 11. The summed E-state index contributed by atoms with van der Waals surface area (Å²) in [6.07, 6.45) is 5.12. The number of alkyl halides is 1. The highest BCUT2D eigenvalue weighted by Gasteiger charge is 2.44. The number of hydrogen-bond acceptors (Lipinski definition) is 9. The zero-order valence-corrected chi connectivity index (χ0v) is 33.1. The summed E-state index contributed by atoms with van der Waals surface area (Å²) in [7, 11) is 0. The van der Waals surface area contributed by atoms with Crippen LogP contribution in [0.15, 0.2) is 91.0 Å². The van der Waals surface area contributed by atoms with Gasteiger partial charge in [-0.3, -0.25) is 29.4 Å². The number of hydrogen-bond donors (Lipinski definition) is 4. The molecule has 4 aliphatic rings. The van der Waals surface area contributed by atoms with Crippen LogP contribution in [0.4, 0.5) is 11.4 Å². The monoisotopic (exact) mass is 801 g/mol. The minimum Gasteiger partial charge on any atom is -0.508 e. The lowest BCUT2D eigenvalue weighted by molar-refractivity contribution is -0.136. The summed E-state index contributed by atoms with van der Waals surface area (Å²) in [6, 6.07) is 27.6. The molecule has 4 aliphatic heterocycles. The summed E-state index contributed by atoms with van der Waals surface area (Å²) in [6.45, 7) is 4.92. The predicted octanol–water partition coefficient (Wildman–Crippen LogP) is 6.88. The Kier molecular flexibility index (Phi) is 11.5. The number of phenolic OH excluding ortho intramolecular Hbond substituents is 2. The fourth-order valence-corrected chi connectivity index (χ4v) is 9.22. The van der Waals surface area contributed by atoms with Crippen molar-refractivity contribution < 1.29 is 29.4 Å². The molecule has 11 nitrogen and oxygen atoms in total. The lowest BCUT2D eigenvalue weighted by Crippen LogP contribution is -2.54. The molecule has 1 unspecified atom stereocenters. The van der Waals surface area contributed by atoms with Crippen molar-refractivity contribution in [3.05, 3.63) is 119 Å². The molecule has 4 N–H and O–H groups in total. The number of nitrogens with zero attached hydrogens (tertiary/aromatic N) is 3. The molecular weight excluding hydrogens is 754 g/mol. The van der Waals surface area contributed by atoms with Gasteiger partial charge in [-0.25, -0.2) is 0 Å². The highest BCUT2D eigenvalue weighted by Crippen LogP contribution is 2.37. The number of amides is 4. The molecule has 0 spiro atoms. The van der Waals surface area contributed by atoms with E-state index in [1.54, 1.807) is 36.4 Å². The number of benzene rings is 4. The molecule has 4 aromatic rings. The minimum absolute atomic E-state index is 0.0889. The predicted molar refractivity (Wildman–Crippen MR) is 225 cm³/mol. The Morgan fingerprint density at radius 2 is 1.38 bits per heavy atom. The number of carbonyl (C=O) groups excluding carboxylic acids is 4. The molecular formula is C46H48ClN5O6. The highest BCUT2D eigenvalue weighted by molar-refractivity contribution is 6.23. The van der Waals surface area contributed by atoms with E-state index in [1.165, 1.54) is 5.69 Å². The molecule has 0 bridgehead atoms. The van der Waals surface area contributed by atoms with Crippen molar-refractivity contribution in [1.82, 2.24) is 15.1 Å². The van der Waals surface area contributed by atoms with E-state index in [0.29, 0.717) is 18.2 Å². The molecule has 0 radical (unpaired) electrons.